The Hall–Kier alpha value is -5.92. The van der Waals surface area contributed by atoms with Gasteiger partial charge in [-0.25, -0.2) is 0 Å². The summed E-state index contributed by atoms with van der Waals surface area (Å²) in [4.78, 5) is 3.77. The summed E-state index contributed by atoms with van der Waals surface area (Å²) in [7, 11) is 0. The van der Waals surface area contributed by atoms with E-state index >= 15 is 0 Å². The third kappa shape index (κ3) is 6.07. The molecule has 248 valence electrons. The summed E-state index contributed by atoms with van der Waals surface area (Å²) in [6.45, 7) is 0. The summed E-state index contributed by atoms with van der Waals surface area (Å²) in [6.07, 6.45) is 20.8. The van der Waals surface area contributed by atoms with Crippen LogP contribution in [0, 0.1) is 12.3 Å². The number of hydrogen-bond acceptors (Lipinski definition) is 3. The molecule has 0 spiro atoms. The molecule has 8 aromatic rings. The average Bonchev–Trinajstić information content (AvgIpc) is 3.76. The van der Waals surface area contributed by atoms with E-state index in [-0.39, 0.29) is 0 Å². The summed E-state index contributed by atoms with van der Waals surface area (Å²) in [6, 6.07) is 49.4. The summed E-state index contributed by atoms with van der Waals surface area (Å²) in [5, 5.41) is 4.02. The van der Waals surface area contributed by atoms with Crippen LogP contribution in [0.25, 0.3) is 58.6 Å². The van der Waals surface area contributed by atoms with Crippen molar-refractivity contribution >= 4 is 76.1 Å². The van der Waals surface area contributed by atoms with Gasteiger partial charge in [-0.3, -0.25) is 0 Å². The van der Waals surface area contributed by atoms with Crippen molar-refractivity contribution < 1.29 is 0 Å². The zero-order valence-electron chi connectivity index (χ0n) is 28.6. The van der Waals surface area contributed by atoms with E-state index in [1.54, 1.807) is 6.08 Å². The van der Waals surface area contributed by atoms with Crippen LogP contribution in [0.4, 0.5) is 17.1 Å². The molecule has 0 radical (unpaired) electrons. The molecule has 0 saturated carbocycles. The van der Waals surface area contributed by atoms with Crippen LogP contribution >= 0.6 is 22.7 Å². The van der Waals surface area contributed by atoms with Gasteiger partial charge in [0.05, 0.1) is 0 Å². The summed E-state index contributed by atoms with van der Waals surface area (Å²) in [5.74, 6) is 2.54. The standard InChI is InChI=1S/C49H35NS2/c1-2-3-4-5-7-14-34-21-25-38(26-22-34)50(37-15-8-6-9-16-37)39-27-28-40(35-23-29-48-44(31-35)41-17-10-12-19-46(41)51-48)43(33-39)36-24-30-49-45(32-36)42-18-11-13-20-47(42)52-49/h1,3-10,12-13,15-17,19-33H,11,14,18H2/b4-3-,7-5-. The first kappa shape index (κ1) is 32.0. The van der Waals surface area contributed by atoms with Gasteiger partial charge in [0, 0.05) is 46.8 Å². The second-order valence-electron chi connectivity index (χ2n) is 13.1. The molecule has 0 amide bonds. The van der Waals surface area contributed by atoms with Gasteiger partial charge in [0.15, 0.2) is 0 Å². The van der Waals surface area contributed by atoms with E-state index in [4.69, 9.17) is 6.42 Å². The fourth-order valence-electron chi connectivity index (χ4n) is 7.40. The Morgan fingerprint density at radius 1 is 0.615 bits per heavy atom. The van der Waals surface area contributed by atoms with Crippen molar-refractivity contribution in [3.05, 3.63) is 180 Å². The highest BCUT2D eigenvalue weighted by Gasteiger charge is 2.19. The minimum absolute atomic E-state index is 0.841. The minimum Gasteiger partial charge on any atom is -0.310 e. The van der Waals surface area contributed by atoms with Gasteiger partial charge in [0.2, 0.25) is 0 Å². The second-order valence-corrected chi connectivity index (χ2v) is 15.3. The van der Waals surface area contributed by atoms with Crippen molar-refractivity contribution in [2.75, 3.05) is 4.90 Å². The summed E-state index contributed by atoms with van der Waals surface area (Å²) in [5.41, 5.74) is 11.0. The number of nitrogens with zero attached hydrogens (tertiary/aromatic N) is 1. The number of terminal acetylenes is 1. The van der Waals surface area contributed by atoms with Crippen molar-refractivity contribution in [3.8, 4) is 34.6 Å². The number of fused-ring (bicyclic) bond motifs is 6. The predicted octanol–water partition coefficient (Wildman–Crippen LogP) is 14.3. The molecule has 2 aromatic heterocycles. The minimum atomic E-state index is 0.841. The molecule has 1 aliphatic rings. The molecule has 52 heavy (non-hydrogen) atoms. The van der Waals surface area contributed by atoms with Gasteiger partial charge in [0.25, 0.3) is 0 Å². The number of benzene rings is 6. The first-order valence-electron chi connectivity index (χ1n) is 17.7. The highest BCUT2D eigenvalue weighted by atomic mass is 32.1. The molecule has 0 fully saturated rings. The molecule has 0 N–H and O–H groups in total. The molecule has 0 atom stereocenters. The monoisotopic (exact) mass is 701 g/mol. The van der Waals surface area contributed by atoms with Crippen LogP contribution in [0.3, 0.4) is 0 Å². The number of thiophene rings is 2. The fourth-order valence-corrected chi connectivity index (χ4v) is 9.65. The van der Waals surface area contributed by atoms with Gasteiger partial charge >= 0.3 is 0 Å². The van der Waals surface area contributed by atoms with E-state index in [1.807, 2.05) is 34.8 Å². The zero-order chi connectivity index (χ0) is 34.9. The lowest BCUT2D eigenvalue weighted by Gasteiger charge is -2.27. The SMILES string of the molecule is C#C/C=C\C=C/Cc1ccc(N(c2ccccc2)c2ccc(-c3ccc4sc5ccccc5c4c3)c(-c3ccc4sc5c(c4c3)CCC=C5)c2)cc1. The molecule has 6 aromatic carbocycles. The third-order valence-corrected chi connectivity index (χ3v) is 12.2. The van der Waals surface area contributed by atoms with E-state index in [1.165, 1.54) is 68.5 Å². The number of hydrogen-bond donors (Lipinski definition) is 0. The Kier molecular flexibility index (Phi) is 8.62. The maximum Gasteiger partial charge on any atom is 0.0468 e. The summed E-state index contributed by atoms with van der Waals surface area (Å²) >= 11 is 3.78. The Labute approximate surface area is 313 Å². The van der Waals surface area contributed by atoms with Crippen molar-refractivity contribution in [1.82, 2.24) is 0 Å². The Bertz CT molecular complexity index is 2710. The Morgan fingerprint density at radius 3 is 2.17 bits per heavy atom. The van der Waals surface area contributed by atoms with Crippen LogP contribution < -0.4 is 4.90 Å². The smallest absolute Gasteiger partial charge is 0.0468 e. The van der Waals surface area contributed by atoms with Gasteiger partial charge < -0.3 is 4.90 Å². The van der Waals surface area contributed by atoms with Crippen LogP contribution in [0.1, 0.15) is 22.4 Å². The normalized spacial score (nSPS) is 12.7. The van der Waals surface area contributed by atoms with Crippen LogP contribution in [-0.4, -0.2) is 0 Å². The topological polar surface area (TPSA) is 3.24 Å². The lowest BCUT2D eigenvalue weighted by Crippen LogP contribution is -2.10. The van der Waals surface area contributed by atoms with E-state index in [9.17, 15) is 0 Å². The van der Waals surface area contributed by atoms with Crippen molar-refractivity contribution in [3.63, 3.8) is 0 Å². The molecule has 1 nitrogen and oxygen atoms in total. The van der Waals surface area contributed by atoms with E-state index < -0.39 is 0 Å². The van der Waals surface area contributed by atoms with Crippen molar-refractivity contribution in [2.24, 2.45) is 0 Å². The lowest BCUT2D eigenvalue weighted by atomic mass is 9.91. The highest BCUT2D eigenvalue weighted by Crippen LogP contribution is 2.44. The van der Waals surface area contributed by atoms with Gasteiger partial charge in [0.1, 0.15) is 0 Å². The first-order valence-corrected chi connectivity index (χ1v) is 19.4. The molecule has 0 aliphatic heterocycles. The van der Waals surface area contributed by atoms with Crippen LogP contribution in [-0.2, 0) is 12.8 Å². The molecule has 3 heteroatoms. The molecular weight excluding hydrogens is 667 g/mol. The fraction of sp³-hybridized carbons (Fsp3) is 0.0612. The highest BCUT2D eigenvalue weighted by molar-refractivity contribution is 7.25. The van der Waals surface area contributed by atoms with Gasteiger partial charge in [-0.1, -0.05) is 97.0 Å². The quantitative estimate of drug-likeness (QED) is 0.113. The van der Waals surface area contributed by atoms with Crippen LogP contribution in [0.2, 0.25) is 0 Å². The Morgan fingerprint density at radius 2 is 1.33 bits per heavy atom. The number of anilines is 3. The Balaban J connectivity index is 1.20. The van der Waals surface area contributed by atoms with E-state index in [0.29, 0.717) is 0 Å². The first-order chi connectivity index (χ1) is 25.7. The molecule has 0 saturated heterocycles. The van der Waals surface area contributed by atoms with E-state index in [0.717, 1.165) is 36.3 Å². The second kappa shape index (κ2) is 14.0. The van der Waals surface area contributed by atoms with Crippen LogP contribution in [0.15, 0.2) is 164 Å². The van der Waals surface area contributed by atoms with Crippen LogP contribution in [0.5, 0.6) is 0 Å². The largest absolute Gasteiger partial charge is 0.310 e. The lowest BCUT2D eigenvalue weighted by molar-refractivity contribution is 1.01. The van der Waals surface area contributed by atoms with Gasteiger partial charge in [-0.15, -0.1) is 29.1 Å². The molecule has 0 bridgehead atoms. The zero-order valence-corrected chi connectivity index (χ0v) is 30.3. The van der Waals surface area contributed by atoms with Gasteiger partial charge in [-0.2, -0.15) is 0 Å². The molecule has 9 rings (SSSR count). The number of para-hydroxylation sites is 1. The third-order valence-electron chi connectivity index (χ3n) is 9.91. The molecule has 2 heterocycles. The van der Waals surface area contributed by atoms with Crippen molar-refractivity contribution in [1.29, 1.82) is 0 Å². The maximum atomic E-state index is 5.34. The number of rotatable bonds is 8. The summed E-state index contributed by atoms with van der Waals surface area (Å²) < 4.78 is 4.01. The van der Waals surface area contributed by atoms with Crippen molar-refractivity contribution in [2.45, 2.75) is 19.3 Å². The van der Waals surface area contributed by atoms with Gasteiger partial charge in [-0.05, 0) is 137 Å². The maximum absolute atomic E-state index is 5.34. The average molecular weight is 702 g/mol. The number of allylic oxidation sites excluding steroid dienone is 5. The predicted molar refractivity (Wildman–Crippen MR) is 228 cm³/mol. The van der Waals surface area contributed by atoms with E-state index in [2.05, 4.69) is 163 Å². The molecule has 0 unspecified atom stereocenters. The molecular formula is C49H35NS2. The number of aryl methyl sites for hydroxylation is 1. The molecule has 1 aliphatic carbocycles.